The average molecular weight is 320 g/mol. The van der Waals surface area contributed by atoms with Crippen LogP contribution in [0, 0.1) is 0 Å². The molecule has 1 heterocycles. The highest BCUT2D eigenvalue weighted by Gasteiger charge is 2.07. The van der Waals surface area contributed by atoms with E-state index in [1.165, 1.54) is 18.0 Å². The van der Waals surface area contributed by atoms with Crippen LogP contribution in [-0.4, -0.2) is 15.9 Å². The number of carbonyl (C=O) groups excluding carboxylic acids is 1. The first-order chi connectivity index (χ1) is 9.06. The molecule has 0 radical (unpaired) electrons. The molecule has 2 rings (SSSR count). The van der Waals surface area contributed by atoms with E-state index >= 15 is 0 Å². The summed E-state index contributed by atoms with van der Waals surface area (Å²) >= 11 is 3.19. The van der Waals surface area contributed by atoms with Crippen molar-refractivity contribution in [3.8, 4) is 0 Å². The molecule has 0 bridgehead atoms. The second-order valence-electron chi connectivity index (χ2n) is 4.46. The van der Waals surface area contributed by atoms with E-state index in [1.807, 2.05) is 24.3 Å². The molecule has 0 saturated carbocycles. The molecule has 0 atom stereocenters. The fraction of sp³-hybridized carbons (Fsp3) is 0.214. The van der Waals surface area contributed by atoms with Gasteiger partial charge in [-0.2, -0.15) is 0 Å². The van der Waals surface area contributed by atoms with Crippen molar-refractivity contribution in [2.45, 2.75) is 19.8 Å². The molecule has 5 heteroatoms. The summed E-state index contributed by atoms with van der Waals surface area (Å²) in [5.41, 5.74) is 1.81. The quantitative estimate of drug-likeness (QED) is 0.940. The van der Waals surface area contributed by atoms with Gasteiger partial charge < -0.3 is 5.32 Å². The lowest BCUT2D eigenvalue weighted by molar-refractivity contribution is 0.102. The lowest BCUT2D eigenvalue weighted by atomic mass is 10.0. The molecule has 1 amide bonds. The van der Waals surface area contributed by atoms with E-state index in [1.54, 1.807) is 0 Å². The van der Waals surface area contributed by atoms with E-state index < -0.39 is 0 Å². The SMILES string of the molecule is CC(C)c1ccc(C(=O)Nc2cnc(Br)cn2)cc1. The van der Waals surface area contributed by atoms with Gasteiger partial charge in [0.05, 0.1) is 12.4 Å². The Morgan fingerprint density at radius 2 is 1.84 bits per heavy atom. The maximum Gasteiger partial charge on any atom is 0.256 e. The van der Waals surface area contributed by atoms with Crippen LogP contribution in [0.4, 0.5) is 5.82 Å². The van der Waals surface area contributed by atoms with Gasteiger partial charge in [0.15, 0.2) is 5.82 Å². The van der Waals surface area contributed by atoms with Crippen molar-refractivity contribution < 1.29 is 4.79 Å². The minimum Gasteiger partial charge on any atom is -0.305 e. The Labute approximate surface area is 120 Å². The van der Waals surface area contributed by atoms with Gasteiger partial charge in [-0.1, -0.05) is 26.0 Å². The summed E-state index contributed by atoms with van der Waals surface area (Å²) in [5, 5.41) is 2.70. The number of nitrogens with one attached hydrogen (secondary N) is 1. The second-order valence-corrected chi connectivity index (χ2v) is 5.27. The van der Waals surface area contributed by atoms with Crippen LogP contribution >= 0.6 is 15.9 Å². The Kier molecular flexibility index (Phi) is 4.27. The van der Waals surface area contributed by atoms with Crippen LogP contribution in [0.1, 0.15) is 35.7 Å². The van der Waals surface area contributed by atoms with Crippen molar-refractivity contribution in [3.63, 3.8) is 0 Å². The lowest BCUT2D eigenvalue weighted by Crippen LogP contribution is -2.13. The van der Waals surface area contributed by atoms with Crippen LogP contribution in [0.25, 0.3) is 0 Å². The summed E-state index contributed by atoms with van der Waals surface area (Å²) < 4.78 is 0.631. The number of hydrogen-bond donors (Lipinski definition) is 1. The molecule has 1 N–H and O–H groups in total. The standard InChI is InChI=1S/C14H14BrN3O/c1-9(2)10-3-5-11(6-4-10)14(19)18-13-8-16-12(15)7-17-13/h3-9H,1-2H3,(H,17,18,19). The first kappa shape index (κ1) is 13.7. The highest BCUT2D eigenvalue weighted by atomic mass is 79.9. The smallest absolute Gasteiger partial charge is 0.256 e. The van der Waals surface area contributed by atoms with Crippen LogP contribution in [0.15, 0.2) is 41.3 Å². The van der Waals surface area contributed by atoms with E-state index in [4.69, 9.17) is 0 Å². The molecule has 0 fully saturated rings. The Hall–Kier alpha value is -1.75. The maximum atomic E-state index is 12.0. The van der Waals surface area contributed by atoms with Crippen LogP contribution in [0.3, 0.4) is 0 Å². The van der Waals surface area contributed by atoms with Crippen molar-refractivity contribution in [2.24, 2.45) is 0 Å². The number of aromatic nitrogens is 2. The monoisotopic (exact) mass is 319 g/mol. The van der Waals surface area contributed by atoms with Crippen LogP contribution in [0.2, 0.25) is 0 Å². The Morgan fingerprint density at radius 1 is 1.16 bits per heavy atom. The Bertz CT molecular complexity index is 564. The predicted molar refractivity (Wildman–Crippen MR) is 78.2 cm³/mol. The summed E-state index contributed by atoms with van der Waals surface area (Å²) in [6.07, 6.45) is 3.04. The zero-order chi connectivity index (χ0) is 13.8. The highest BCUT2D eigenvalue weighted by molar-refractivity contribution is 9.10. The van der Waals surface area contributed by atoms with Gasteiger partial charge in [0.2, 0.25) is 0 Å². The fourth-order valence-electron chi connectivity index (χ4n) is 1.58. The number of halogens is 1. The number of carbonyl (C=O) groups is 1. The molecule has 0 aliphatic heterocycles. The van der Waals surface area contributed by atoms with Crippen LogP contribution in [0.5, 0.6) is 0 Å². The molecular weight excluding hydrogens is 306 g/mol. The topological polar surface area (TPSA) is 54.9 Å². The van der Waals surface area contributed by atoms with Crippen molar-refractivity contribution in [1.29, 1.82) is 0 Å². The molecule has 0 spiro atoms. The predicted octanol–water partition coefficient (Wildman–Crippen LogP) is 3.61. The molecule has 19 heavy (non-hydrogen) atoms. The lowest BCUT2D eigenvalue weighted by Gasteiger charge is -2.07. The summed E-state index contributed by atoms with van der Waals surface area (Å²) in [5.74, 6) is 0.697. The number of benzene rings is 1. The molecule has 1 aromatic heterocycles. The van der Waals surface area contributed by atoms with Crippen molar-refractivity contribution in [2.75, 3.05) is 5.32 Å². The highest BCUT2D eigenvalue weighted by Crippen LogP contribution is 2.15. The van der Waals surface area contributed by atoms with Crippen LogP contribution < -0.4 is 5.32 Å². The number of anilines is 1. The summed E-state index contributed by atoms with van der Waals surface area (Å²) in [4.78, 5) is 20.0. The van der Waals surface area contributed by atoms with E-state index in [0.29, 0.717) is 21.9 Å². The number of rotatable bonds is 3. The molecular formula is C14H14BrN3O. The maximum absolute atomic E-state index is 12.0. The first-order valence-electron chi connectivity index (χ1n) is 5.95. The van der Waals surface area contributed by atoms with Crippen LogP contribution in [-0.2, 0) is 0 Å². The minimum absolute atomic E-state index is 0.188. The molecule has 0 aliphatic rings. The number of nitrogens with zero attached hydrogens (tertiary/aromatic N) is 2. The van der Waals surface area contributed by atoms with Gasteiger partial charge >= 0.3 is 0 Å². The van der Waals surface area contributed by atoms with E-state index in [-0.39, 0.29) is 5.91 Å². The minimum atomic E-state index is -0.188. The van der Waals surface area contributed by atoms with Crippen molar-refractivity contribution >= 4 is 27.7 Å². The van der Waals surface area contributed by atoms with Crippen molar-refractivity contribution in [3.05, 3.63) is 52.4 Å². The van der Waals surface area contributed by atoms with Gasteiger partial charge in [-0.05, 0) is 39.5 Å². The molecule has 0 unspecified atom stereocenters. The summed E-state index contributed by atoms with van der Waals surface area (Å²) in [6, 6.07) is 7.56. The number of hydrogen-bond acceptors (Lipinski definition) is 3. The molecule has 2 aromatic rings. The van der Waals surface area contributed by atoms with Gasteiger partial charge in [0, 0.05) is 5.56 Å². The van der Waals surface area contributed by atoms with Gasteiger partial charge in [-0.25, -0.2) is 9.97 Å². The van der Waals surface area contributed by atoms with E-state index in [2.05, 4.69) is 45.1 Å². The van der Waals surface area contributed by atoms with E-state index in [9.17, 15) is 4.79 Å². The molecule has 0 saturated heterocycles. The Morgan fingerprint density at radius 3 is 2.37 bits per heavy atom. The second kappa shape index (κ2) is 5.93. The molecule has 4 nitrogen and oxygen atoms in total. The van der Waals surface area contributed by atoms with E-state index in [0.717, 1.165) is 0 Å². The fourth-order valence-corrected chi connectivity index (χ4v) is 1.79. The zero-order valence-corrected chi connectivity index (χ0v) is 12.3. The molecule has 1 aromatic carbocycles. The Balaban J connectivity index is 2.09. The van der Waals surface area contributed by atoms with Gasteiger partial charge in [-0.3, -0.25) is 4.79 Å². The third kappa shape index (κ3) is 3.61. The summed E-state index contributed by atoms with van der Waals surface area (Å²) in [6.45, 7) is 4.24. The molecule has 98 valence electrons. The van der Waals surface area contributed by atoms with Gasteiger partial charge in [0.25, 0.3) is 5.91 Å². The normalized spacial score (nSPS) is 10.5. The largest absolute Gasteiger partial charge is 0.305 e. The third-order valence-electron chi connectivity index (χ3n) is 2.70. The van der Waals surface area contributed by atoms with Gasteiger partial charge in [-0.15, -0.1) is 0 Å². The third-order valence-corrected chi connectivity index (χ3v) is 3.11. The van der Waals surface area contributed by atoms with Crippen molar-refractivity contribution in [1.82, 2.24) is 9.97 Å². The summed E-state index contributed by atoms with van der Waals surface area (Å²) in [7, 11) is 0. The first-order valence-corrected chi connectivity index (χ1v) is 6.74. The molecule has 0 aliphatic carbocycles. The average Bonchev–Trinajstić information content (AvgIpc) is 2.41. The zero-order valence-electron chi connectivity index (χ0n) is 10.7. The van der Waals surface area contributed by atoms with Gasteiger partial charge in [0.1, 0.15) is 4.60 Å². The number of amides is 1.